The fourth-order valence-electron chi connectivity index (χ4n) is 7.82. The Kier molecular flexibility index (Phi) is 6.53. The third-order valence-electron chi connectivity index (χ3n) is 10.1. The zero-order valence-corrected chi connectivity index (χ0v) is 27.4. The molecule has 8 aromatic carbocycles. The van der Waals surface area contributed by atoms with Crippen molar-refractivity contribution in [2.75, 3.05) is 0 Å². The first-order valence-electron chi connectivity index (χ1n) is 17.2. The second kappa shape index (κ2) is 11.5. The first-order valence-corrected chi connectivity index (χ1v) is 17.2. The Balaban J connectivity index is 1.16. The van der Waals surface area contributed by atoms with E-state index in [9.17, 15) is 0 Å². The molecule has 0 aliphatic rings. The van der Waals surface area contributed by atoms with Crippen LogP contribution in [0.2, 0.25) is 0 Å². The second-order valence-corrected chi connectivity index (χ2v) is 13.0. The average molecular weight is 637 g/mol. The molecule has 0 atom stereocenters. The quantitative estimate of drug-likeness (QED) is 0.178. The fraction of sp³-hybridized carbons (Fsp3) is 0. The van der Waals surface area contributed by atoms with E-state index in [1.54, 1.807) is 0 Å². The van der Waals surface area contributed by atoms with Gasteiger partial charge in [-0.1, -0.05) is 146 Å². The summed E-state index contributed by atoms with van der Waals surface area (Å²) in [6, 6.07) is 70.4. The summed E-state index contributed by atoms with van der Waals surface area (Å²) in [5.41, 5.74) is 14.4. The van der Waals surface area contributed by atoms with Crippen molar-refractivity contribution in [1.29, 1.82) is 0 Å². The Morgan fingerprint density at radius 2 is 0.700 bits per heavy atom. The van der Waals surface area contributed by atoms with Crippen LogP contribution in [0.3, 0.4) is 0 Å². The lowest BCUT2D eigenvalue weighted by atomic mass is 9.98. The molecule has 234 valence electrons. The molecule has 2 nitrogen and oxygen atoms in total. The molecule has 0 aliphatic carbocycles. The van der Waals surface area contributed by atoms with Crippen molar-refractivity contribution in [2.24, 2.45) is 0 Å². The first kappa shape index (κ1) is 28.4. The van der Waals surface area contributed by atoms with Gasteiger partial charge in [-0.3, -0.25) is 0 Å². The number of hydrogen-bond donors (Lipinski definition) is 0. The topological polar surface area (TPSA) is 9.86 Å². The van der Waals surface area contributed by atoms with Crippen molar-refractivity contribution in [3.05, 3.63) is 194 Å². The standard InChI is InChI=1S/C48H32N2/c1-3-12-33(13-4-1)35-22-27-38(28-23-35)49-45-20-10-8-17-43(45)48-40(18-11-21-46(48)49)37-26-31-42-41-16-7-9-19-44(41)50(47(42)32-37)39-29-24-36(25-30-39)34-14-5-2-6-15-34/h1-32H. The maximum Gasteiger partial charge on any atom is 0.0547 e. The van der Waals surface area contributed by atoms with Crippen LogP contribution >= 0.6 is 0 Å². The van der Waals surface area contributed by atoms with E-state index >= 15 is 0 Å². The summed E-state index contributed by atoms with van der Waals surface area (Å²) >= 11 is 0. The number of fused-ring (bicyclic) bond motifs is 6. The normalized spacial score (nSPS) is 11.6. The van der Waals surface area contributed by atoms with Crippen molar-refractivity contribution < 1.29 is 0 Å². The van der Waals surface area contributed by atoms with E-state index in [2.05, 4.69) is 203 Å². The Hall–Kier alpha value is -6.64. The highest BCUT2D eigenvalue weighted by atomic mass is 15.0. The molecule has 10 rings (SSSR count). The van der Waals surface area contributed by atoms with Gasteiger partial charge >= 0.3 is 0 Å². The number of hydrogen-bond acceptors (Lipinski definition) is 0. The molecule has 0 aliphatic heterocycles. The van der Waals surface area contributed by atoms with E-state index in [1.807, 2.05) is 0 Å². The molecule has 0 radical (unpaired) electrons. The van der Waals surface area contributed by atoms with Crippen LogP contribution in [-0.4, -0.2) is 9.13 Å². The number of aromatic nitrogens is 2. The molecule has 0 fully saturated rings. The van der Waals surface area contributed by atoms with Crippen molar-refractivity contribution >= 4 is 43.6 Å². The highest BCUT2D eigenvalue weighted by Crippen LogP contribution is 2.41. The summed E-state index contributed by atoms with van der Waals surface area (Å²) in [7, 11) is 0. The van der Waals surface area contributed by atoms with E-state index in [0.29, 0.717) is 0 Å². The minimum Gasteiger partial charge on any atom is -0.309 e. The van der Waals surface area contributed by atoms with Crippen LogP contribution in [-0.2, 0) is 0 Å². The molecule has 10 aromatic rings. The molecule has 2 aromatic heterocycles. The predicted octanol–water partition coefficient (Wildman–Crippen LogP) is 12.9. The molecule has 0 saturated carbocycles. The van der Waals surface area contributed by atoms with Crippen molar-refractivity contribution in [3.8, 4) is 44.8 Å². The van der Waals surface area contributed by atoms with Crippen LogP contribution < -0.4 is 0 Å². The van der Waals surface area contributed by atoms with Gasteiger partial charge in [0.05, 0.1) is 22.1 Å². The Labute approximate surface area is 290 Å². The van der Waals surface area contributed by atoms with Crippen LogP contribution in [0.25, 0.3) is 88.4 Å². The lowest BCUT2D eigenvalue weighted by molar-refractivity contribution is 1.18. The van der Waals surface area contributed by atoms with E-state index in [4.69, 9.17) is 0 Å². The van der Waals surface area contributed by atoms with Crippen molar-refractivity contribution in [3.63, 3.8) is 0 Å². The summed E-state index contributed by atoms with van der Waals surface area (Å²) in [6.07, 6.45) is 0. The minimum absolute atomic E-state index is 1.15. The second-order valence-electron chi connectivity index (χ2n) is 13.0. The van der Waals surface area contributed by atoms with E-state index in [1.165, 1.54) is 77.0 Å². The molecule has 0 unspecified atom stereocenters. The molecule has 0 bridgehead atoms. The first-order chi connectivity index (χ1) is 24.8. The molecular formula is C48H32N2. The fourth-order valence-corrected chi connectivity index (χ4v) is 7.82. The third-order valence-corrected chi connectivity index (χ3v) is 10.1. The summed E-state index contributed by atoms with van der Waals surface area (Å²) in [5, 5.41) is 5.03. The number of nitrogens with zero attached hydrogens (tertiary/aromatic N) is 2. The van der Waals surface area contributed by atoms with Gasteiger partial charge in [-0.15, -0.1) is 0 Å². The summed E-state index contributed by atoms with van der Waals surface area (Å²) in [6.45, 7) is 0. The highest BCUT2D eigenvalue weighted by molar-refractivity contribution is 6.17. The van der Waals surface area contributed by atoms with Gasteiger partial charge in [0.25, 0.3) is 0 Å². The zero-order chi connectivity index (χ0) is 33.0. The SMILES string of the molecule is c1ccc(-c2ccc(-n3c4ccccc4c4ccc(-c5cccc6c5c5ccccc5n6-c5ccc(-c6ccccc6)cc5)cc43)cc2)cc1. The van der Waals surface area contributed by atoms with Crippen LogP contribution in [0.15, 0.2) is 194 Å². The Bertz CT molecular complexity index is 2820. The third kappa shape index (κ3) is 4.50. The van der Waals surface area contributed by atoms with Gasteiger partial charge in [0.15, 0.2) is 0 Å². The largest absolute Gasteiger partial charge is 0.309 e. The van der Waals surface area contributed by atoms with Crippen molar-refractivity contribution in [2.45, 2.75) is 0 Å². The molecule has 0 N–H and O–H groups in total. The lowest BCUT2D eigenvalue weighted by Crippen LogP contribution is -1.94. The minimum atomic E-state index is 1.15. The van der Waals surface area contributed by atoms with Gasteiger partial charge in [-0.2, -0.15) is 0 Å². The molecule has 50 heavy (non-hydrogen) atoms. The van der Waals surface area contributed by atoms with E-state index in [0.717, 1.165) is 11.4 Å². The van der Waals surface area contributed by atoms with E-state index < -0.39 is 0 Å². The van der Waals surface area contributed by atoms with Gasteiger partial charge in [0.1, 0.15) is 0 Å². The van der Waals surface area contributed by atoms with Crippen molar-refractivity contribution in [1.82, 2.24) is 9.13 Å². The summed E-state index contributed by atoms with van der Waals surface area (Å²) < 4.78 is 4.83. The Morgan fingerprint density at radius 1 is 0.260 bits per heavy atom. The van der Waals surface area contributed by atoms with E-state index in [-0.39, 0.29) is 0 Å². The van der Waals surface area contributed by atoms with Gasteiger partial charge in [0, 0.05) is 32.9 Å². The lowest BCUT2D eigenvalue weighted by Gasteiger charge is -2.12. The average Bonchev–Trinajstić information content (AvgIpc) is 3.71. The smallest absolute Gasteiger partial charge is 0.0547 e. The van der Waals surface area contributed by atoms with Crippen LogP contribution in [0, 0.1) is 0 Å². The maximum atomic E-state index is 2.42. The number of para-hydroxylation sites is 2. The van der Waals surface area contributed by atoms with Gasteiger partial charge in [-0.25, -0.2) is 0 Å². The molecule has 2 heteroatoms. The van der Waals surface area contributed by atoms with Crippen LogP contribution in [0.1, 0.15) is 0 Å². The summed E-state index contributed by atoms with van der Waals surface area (Å²) in [4.78, 5) is 0. The maximum absolute atomic E-state index is 2.42. The molecule has 0 saturated heterocycles. The Morgan fingerprint density at radius 3 is 1.32 bits per heavy atom. The number of rotatable bonds is 5. The summed E-state index contributed by atoms with van der Waals surface area (Å²) in [5.74, 6) is 0. The van der Waals surface area contributed by atoms with Crippen LogP contribution in [0.4, 0.5) is 0 Å². The molecule has 0 spiro atoms. The highest BCUT2D eigenvalue weighted by Gasteiger charge is 2.18. The zero-order valence-electron chi connectivity index (χ0n) is 27.4. The van der Waals surface area contributed by atoms with Crippen LogP contribution in [0.5, 0.6) is 0 Å². The van der Waals surface area contributed by atoms with Gasteiger partial charge < -0.3 is 9.13 Å². The molecule has 2 heterocycles. The molecular weight excluding hydrogens is 605 g/mol. The predicted molar refractivity (Wildman–Crippen MR) is 211 cm³/mol. The number of benzene rings is 8. The monoisotopic (exact) mass is 636 g/mol. The van der Waals surface area contributed by atoms with Gasteiger partial charge in [-0.05, 0) is 81.9 Å². The van der Waals surface area contributed by atoms with Gasteiger partial charge in [0.2, 0.25) is 0 Å². The molecule has 0 amide bonds.